The van der Waals surface area contributed by atoms with E-state index in [1.54, 1.807) is 4.68 Å². The fourth-order valence-electron chi connectivity index (χ4n) is 3.11. The molecule has 0 saturated carbocycles. The first kappa shape index (κ1) is 18.2. The maximum atomic E-state index is 12.5. The number of nitrogens with zero attached hydrogens (tertiary/aromatic N) is 4. The van der Waals surface area contributed by atoms with Gasteiger partial charge in [0.2, 0.25) is 5.91 Å². The van der Waals surface area contributed by atoms with E-state index in [1.807, 2.05) is 36.9 Å². The van der Waals surface area contributed by atoms with Crippen LogP contribution in [0.15, 0.2) is 24.3 Å². The lowest BCUT2D eigenvalue weighted by molar-refractivity contribution is -0.133. The lowest BCUT2D eigenvalue weighted by Crippen LogP contribution is -2.49. The van der Waals surface area contributed by atoms with Crippen LogP contribution in [0.25, 0.3) is 0 Å². The zero-order valence-electron chi connectivity index (χ0n) is 14.5. The number of aromatic nitrogens is 2. The van der Waals surface area contributed by atoms with E-state index in [9.17, 15) is 4.79 Å². The van der Waals surface area contributed by atoms with Crippen LogP contribution in [0.5, 0.6) is 0 Å². The van der Waals surface area contributed by atoms with Gasteiger partial charge in [-0.1, -0.05) is 35.3 Å². The molecular formula is C18H22Cl2N4O. The number of rotatable bonds is 4. The summed E-state index contributed by atoms with van der Waals surface area (Å²) in [6.45, 7) is 8.01. The summed E-state index contributed by atoms with van der Waals surface area (Å²) in [4.78, 5) is 16.8. The fourth-order valence-corrected chi connectivity index (χ4v) is 3.45. The van der Waals surface area contributed by atoms with Crippen LogP contribution in [0.1, 0.15) is 17.0 Å². The molecule has 1 aromatic carbocycles. The maximum Gasteiger partial charge on any atom is 0.244 e. The smallest absolute Gasteiger partial charge is 0.244 e. The number of benzene rings is 1. The van der Waals surface area contributed by atoms with Crippen molar-refractivity contribution >= 4 is 29.1 Å². The average molecular weight is 381 g/mol. The molecule has 0 spiro atoms. The zero-order chi connectivity index (χ0) is 18.0. The normalized spacial score (nSPS) is 15.6. The quantitative estimate of drug-likeness (QED) is 0.817. The highest BCUT2D eigenvalue weighted by Crippen LogP contribution is 2.19. The third-order valence-electron chi connectivity index (χ3n) is 4.60. The Morgan fingerprint density at radius 2 is 1.88 bits per heavy atom. The lowest BCUT2D eigenvalue weighted by atomic mass is 10.2. The van der Waals surface area contributed by atoms with E-state index in [0.717, 1.165) is 49.1 Å². The monoisotopic (exact) mass is 380 g/mol. The Labute approximate surface area is 158 Å². The lowest BCUT2D eigenvalue weighted by Gasteiger charge is -2.34. The maximum absolute atomic E-state index is 12.5. The van der Waals surface area contributed by atoms with Crippen molar-refractivity contribution in [1.82, 2.24) is 19.6 Å². The van der Waals surface area contributed by atoms with Crippen LogP contribution in [-0.2, 0) is 17.9 Å². The Balaban J connectivity index is 1.53. The molecule has 1 saturated heterocycles. The van der Waals surface area contributed by atoms with Crippen LogP contribution in [-0.4, -0.2) is 51.7 Å². The standard InChI is InChI=1S/C18H22Cl2N4O/c1-13-18(20)14(2)24(21-13)12-17(25)23-8-6-22(7-9-23)11-15-4-3-5-16(19)10-15/h3-5,10H,6-9,11-12H2,1-2H3. The number of carbonyl (C=O) groups excluding carboxylic acids is 1. The largest absolute Gasteiger partial charge is 0.339 e. The molecule has 0 bridgehead atoms. The van der Waals surface area contributed by atoms with E-state index in [2.05, 4.69) is 16.1 Å². The molecular weight excluding hydrogens is 359 g/mol. The van der Waals surface area contributed by atoms with E-state index >= 15 is 0 Å². The summed E-state index contributed by atoms with van der Waals surface area (Å²) >= 11 is 12.2. The molecule has 1 amide bonds. The van der Waals surface area contributed by atoms with E-state index in [1.165, 1.54) is 5.56 Å². The van der Waals surface area contributed by atoms with Gasteiger partial charge in [-0.05, 0) is 31.5 Å². The summed E-state index contributed by atoms with van der Waals surface area (Å²) in [5, 5.41) is 5.74. The molecule has 0 aliphatic carbocycles. The SMILES string of the molecule is Cc1nn(CC(=O)N2CCN(Cc3cccc(Cl)c3)CC2)c(C)c1Cl. The van der Waals surface area contributed by atoms with Crippen LogP contribution in [0.2, 0.25) is 10.0 Å². The third-order valence-corrected chi connectivity index (χ3v) is 5.38. The van der Waals surface area contributed by atoms with E-state index in [-0.39, 0.29) is 12.5 Å². The Hall–Kier alpha value is -1.56. The minimum atomic E-state index is 0.0877. The number of halogens is 2. The van der Waals surface area contributed by atoms with Gasteiger partial charge >= 0.3 is 0 Å². The number of hydrogen-bond acceptors (Lipinski definition) is 3. The second-order valence-electron chi connectivity index (χ2n) is 6.43. The summed E-state index contributed by atoms with van der Waals surface area (Å²) in [6, 6.07) is 7.92. The molecule has 1 aliphatic rings. The summed E-state index contributed by atoms with van der Waals surface area (Å²) in [6.07, 6.45) is 0. The van der Waals surface area contributed by atoms with Crippen molar-refractivity contribution < 1.29 is 4.79 Å². The van der Waals surface area contributed by atoms with Gasteiger partial charge < -0.3 is 4.90 Å². The highest BCUT2D eigenvalue weighted by Gasteiger charge is 2.22. The molecule has 134 valence electrons. The van der Waals surface area contributed by atoms with E-state index in [4.69, 9.17) is 23.2 Å². The minimum Gasteiger partial charge on any atom is -0.339 e. The number of aryl methyl sites for hydroxylation is 1. The van der Waals surface area contributed by atoms with Crippen molar-refractivity contribution in [2.24, 2.45) is 0 Å². The Morgan fingerprint density at radius 1 is 1.16 bits per heavy atom. The van der Waals surface area contributed by atoms with Gasteiger partial charge in [0.25, 0.3) is 0 Å². The van der Waals surface area contributed by atoms with Crippen molar-refractivity contribution in [2.75, 3.05) is 26.2 Å². The van der Waals surface area contributed by atoms with Gasteiger partial charge in [0, 0.05) is 37.7 Å². The zero-order valence-corrected chi connectivity index (χ0v) is 16.0. The van der Waals surface area contributed by atoms with Crippen LogP contribution in [0.3, 0.4) is 0 Å². The van der Waals surface area contributed by atoms with E-state index in [0.29, 0.717) is 5.02 Å². The molecule has 3 rings (SSSR count). The first-order chi connectivity index (χ1) is 11.9. The van der Waals surface area contributed by atoms with Crippen LogP contribution < -0.4 is 0 Å². The van der Waals surface area contributed by atoms with E-state index < -0.39 is 0 Å². The van der Waals surface area contributed by atoms with Gasteiger partial charge in [0.15, 0.2) is 0 Å². The number of piperazine rings is 1. The van der Waals surface area contributed by atoms with Gasteiger partial charge in [-0.25, -0.2) is 0 Å². The first-order valence-electron chi connectivity index (χ1n) is 8.38. The molecule has 1 aliphatic heterocycles. The highest BCUT2D eigenvalue weighted by molar-refractivity contribution is 6.31. The summed E-state index contributed by atoms with van der Waals surface area (Å²) in [5.74, 6) is 0.0877. The van der Waals surface area contributed by atoms with Gasteiger partial charge in [-0.3, -0.25) is 14.4 Å². The molecule has 2 aromatic rings. The summed E-state index contributed by atoms with van der Waals surface area (Å²) in [5.41, 5.74) is 2.80. The average Bonchev–Trinajstić information content (AvgIpc) is 2.82. The second-order valence-corrected chi connectivity index (χ2v) is 7.24. The van der Waals surface area contributed by atoms with Crippen LogP contribution >= 0.6 is 23.2 Å². The first-order valence-corrected chi connectivity index (χ1v) is 9.13. The van der Waals surface area contributed by atoms with Gasteiger partial charge in [0.1, 0.15) is 6.54 Å². The predicted molar refractivity (Wildman–Crippen MR) is 100 cm³/mol. The topological polar surface area (TPSA) is 41.4 Å². The molecule has 1 fully saturated rings. The minimum absolute atomic E-state index is 0.0877. The molecule has 0 atom stereocenters. The Bertz CT molecular complexity index is 766. The van der Waals surface area contributed by atoms with Crippen molar-refractivity contribution in [2.45, 2.75) is 26.9 Å². The van der Waals surface area contributed by atoms with Crippen LogP contribution in [0.4, 0.5) is 0 Å². The molecule has 0 radical (unpaired) electrons. The summed E-state index contributed by atoms with van der Waals surface area (Å²) in [7, 11) is 0. The molecule has 1 aromatic heterocycles. The predicted octanol–water partition coefficient (Wildman–Crippen LogP) is 3.15. The van der Waals surface area contributed by atoms with Crippen molar-refractivity contribution in [3.05, 3.63) is 51.3 Å². The summed E-state index contributed by atoms with van der Waals surface area (Å²) < 4.78 is 1.69. The van der Waals surface area contributed by atoms with Crippen molar-refractivity contribution in [3.8, 4) is 0 Å². The Morgan fingerprint density at radius 3 is 2.48 bits per heavy atom. The molecule has 2 heterocycles. The number of amides is 1. The van der Waals surface area contributed by atoms with Crippen molar-refractivity contribution in [1.29, 1.82) is 0 Å². The van der Waals surface area contributed by atoms with Crippen LogP contribution in [0, 0.1) is 13.8 Å². The fraction of sp³-hybridized carbons (Fsp3) is 0.444. The molecule has 0 unspecified atom stereocenters. The number of hydrogen-bond donors (Lipinski definition) is 0. The Kier molecular flexibility index (Phi) is 5.67. The highest BCUT2D eigenvalue weighted by atomic mass is 35.5. The second kappa shape index (κ2) is 7.77. The third kappa shape index (κ3) is 4.35. The number of carbonyl (C=O) groups is 1. The molecule has 5 nitrogen and oxygen atoms in total. The molecule has 0 N–H and O–H groups in total. The van der Waals surface area contributed by atoms with Gasteiger partial charge in [0.05, 0.1) is 16.4 Å². The molecule has 25 heavy (non-hydrogen) atoms. The van der Waals surface area contributed by atoms with Gasteiger partial charge in [-0.2, -0.15) is 5.10 Å². The molecule has 7 heteroatoms. The van der Waals surface area contributed by atoms with Gasteiger partial charge in [-0.15, -0.1) is 0 Å². The van der Waals surface area contributed by atoms with Crippen molar-refractivity contribution in [3.63, 3.8) is 0 Å².